The normalized spacial score (nSPS) is 16.0. The minimum absolute atomic E-state index is 0.190. The first-order valence-corrected chi connectivity index (χ1v) is 8.92. The molecule has 8 nitrogen and oxygen atoms in total. The molecule has 0 aromatic carbocycles. The molecule has 1 aromatic rings. The number of aromatic nitrogens is 2. The van der Waals surface area contributed by atoms with Crippen LogP contribution in [0, 0.1) is 13.8 Å². The van der Waals surface area contributed by atoms with E-state index in [9.17, 15) is 13.2 Å². The summed E-state index contributed by atoms with van der Waals surface area (Å²) in [5, 5.41) is 0. The molecule has 9 heteroatoms. The molecule has 2 rings (SSSR count). The second-order valence-electron chi connectivity index (χ2n) is 5.37. The molecule has 2 heterocycles. The first-order valence-electron chi connectivity index (χ1n) is 7.03. The van der Waals surface area contributed by atoms with E-state index in [2.05, 4.69) is 19.6 Å². The van der Waals surface area contributed by atoms with E-state index in [0.29, 0.717) is 26.2 Å². The lowest BCUT2D eigenvalue weighted by Crippen LogP contribution is -2.51. The fourth-order valence-corrected chi connectivity index (χ4v) is 2.70. The Bertz CT molecular complexity index is 654. The quantitative estimate of drug-likeness (QED) is 0.785. The maximum absolute atomic E-state index is 12.0. The average molecular weight is 327 g/mol. The summed E-state index contributed by atoms with van der Waals surface area (Å²) >= 11 is 0. The van der Waals surface area contributed by atoms with Crippen LogP contribution in [0.1, 0.15) is 11.3 Å². The molecule has 0 bridgehead atoms. The van der Waals surface area contributed by atoms with Gasteiger partial charge in [0, 0.05) is 37.4 Å². The molecule has 1 saturated heterocycles. The van der Waals surface area contributed by atoms with Crippen LogP contribution in [-0.2, 0) is 14.8 Å². The molecule has 1 aliphatic rings. The summed E-state index contributed by atoms with van der Waals surface area (Å²) in [6, 6.07) is 0. The summed E-state index contributed by atoms with van der Waals surface area (Å²) in [6.07, 6.45) is 2.59. The van der Waals surface area contributed by atoms with Crippen LogP contribution in [0.2, 0.25) is 0 Å². The van der Waals surface area contributed by atoms with Crippen LogP contribution in [0.15, 0.2) is 6.33 Å². The first kappa shape index (κ1) is 16.6. The summed E-state index contributed by atoms with van der Waals surface area (Å²) in [4.78, 5) is 24.2. The minimum atomic E-state index is -3.35. The maximum Gasteiger partial charge on any atom is 0.237 e. The molecule has 22 heavy (non-hydrogen) atoms. The predicted molar refractivity (Wildman–Crippen MR) is 83.1 cm³/mol. The summed E-state index contributed by atoms with van der Waals surface area (Å²) in [5.41, 5.74) is 1.99. The van der Waals surface area contributed by atoms with E-state index in [1.807, 2.05) is 13.8 Å². The number of rotatable bonds is 4. The van der Waals surface area contributed by atoms with Gasteiger partial charge in [0.05, 0.1) is 12.8 Å². The Morgan fingerprint density at radius 3 is 2.45 bits per heavy atom. The van der Waals surface area contributed by atoms with E-state index in [1.165, 1.54) is 0 Å². The van der Waals surface area contributed by atoms with Crippen molar-refractivity contribution in [3.05, 3.63) is 17.6 Å². The number of hydrogen-bond donors (Lipinski definition) is 1. The van der Waals surface area contributed by atoms with Gasteiger partial charge in [0.25, 0.3) is 0 Å². The number of carbonyl (C=O) groups excluding carboxylic acids is 1. The number of amides is 1. The summed E-state index contributed by atoms with van der Waals surface area (Å²) in [6.45, 7) is 6.17. The van der Waals surface area contributed by atoms with Crippen LogP contribution in [0.3, 0.4) is 0 Å². The van der Waals surface area contributed by atoms with Gasteiger partial charge in [-0.05, 0) is 13.8 Å². The highest BCUT2D eigenvalue weighted by Crippen LogP contribution is 2.19. The molecule has 122 valence electrons. The van der Waals surface area contributed by atoms with Crippen molar-refractivity contribution in [3.63, 3.8) is 0 Å². The molecule has 1 fully saturated rings. The van der Waals surface area contributed by atoms with E-state index in [4.69, 9.17) is 0 Å². The topological polar surface area (TPSA) is 95.5 Å². The lowest BCUT2D eigenvalue weighted by molar-refractivity contribution is -0.130. The fraction of sp³-hybridized carbons (Fsp3) is 0.615. The number of aryl methyl sites for hydroxylation is 1. The van der Waals surface area contributed by atoms with Crippen molar-refractivity contribution in [2.75, 3.05) is 43.9 Å². The average Bonchev–Trinajstić information content (AvgIpc) is 2.47. The zero-order valence-electron chi connectivity index (χ0n) is 13.0. The highest BCUT2D eigenvalue weighted by atomic mass is 32.2. The van der Waals surface area contributed by atoms with Crippen molar-refractivity contribution in [1.82, 2.24) is 19.6 Å². The van der Waals surface area contributed by atoms with Crippen LogP contribution in [0.5, 0.6) is 0 Å². The smallest absolute Gasteiger partial charge is 0.237 e. The summed E-state index contributed by atoms with van der Waals surface area (Å²) in [5.74, 6) is 0.689. The van der Waals surface area contributed by atoms with E-state index in [-0.39, 0.29) is 12.5 Å². The van der Waals surface area contributed by atoms with Gasteiger partial charge in [0.1, 0.15) is 12.1 Å². The number of nitrogens with zero attached hydrogens (tertiary/aromatic N) is 4. The van der Waals surface area contributed by atoms with E-state index in [0.717, 1.165) is 23.3 Å². The zero-order valence-corrected chi connectivity index (χ0v) is 13.9. The maximum atomic E-state index is 12.0. The molecule has 0 radical (unpaired) electrons. The van der Waals surface area contributed by atoms with Gasteiger partial charge < -0.3 is 9.80 Å². The van der Waals surface area contributed by atoms with E-state index < -0.39 is 10.0 Å². The van der Waals surface area contributed by atoms with Gasteiger partial charge in [0.15, 0.2) is 0 Å². The molecule has 0 atom stereocenters. The largest absolute Gasteiger partial charge is 0.353 e. The van der Waals surface area contributed by atoms with Gasteiger partial charge in [-0.1, -0.05) is 0 Å². The van der Waals surface area contributed by atoms with Crippen molar-refractivity contribution in [1.29, 1.82) is 0 Å². The first-order chi connectivity index (χ1) is 10.3. The second kappa shape index (κ2) is 6.57. The molecular weight excluding hydrogens is 306 g/mol. The van der Waals surface area contributed by atoms with Gasteiger partial charge in [-0.25, -0.2) is 23.1 Å². The van der Waals surface area contributed by atoms with E-state index in [1.54, 1.807) is 11.2 Å². The van der Waals surface area contributed by atoms with Crippen LogP contribution < -0.4 is 9.62 Å². The predicted octanol–water partition coefficient (Wildman–Crippen LogP) is -0.709. The Hall–Kier alpha value is -1.74. The highest BCUT2D eigenvalue weighted by molar-refractivity contribution is 7.88. The monoisotopic (exact) mass is 327 g/mol. The lowest BCUT2D eigenvalue weighted by atomic mass is 10.2. The van der Waals surface area contributed by atoms with Gasteiger partial charge in [-0.15, -0.1) is 0 Å². The van der Waals surface area contributed by atoms with Crippen LogP contribution in [0.4, 0.5) is 5.82 Å². The van der Waals surface area contributed by atoms with Crippen molar-refractivity contribution >= 4 is 21.7 Å². The van der Waals surface area contributed by atoms with Gasteiger partial charge in [-0.3, -0.25) is 4.79 Å². The summed E-state index contributed by atoms with van der Waals surface area (Å²) in [7, 11) is -3.35. The molecule has 0 saturated carbocycles. The molecule has 1 aromatic heterocycles. The Morgan fingerprint density at radius 1 is 1.23 bits per heavy atom. The minimum Gasteiger partial charge on any atom is -0.353 e. The van der Waals surface area contributed by atoms with Crippen molar-refractivity contribution < 1.29 is 13.2 Å². The summed E-state index contributed by atoms with van der Waals surface area (Å²) < 4.78 is 24.3. The molecular formula is C13H21N5O3S. The van der Waals surface area contributed by atoms with Gasteiger partial charge in [0.2, 0.25) is 15.9 Å². The third-order valence-electron chi connectivity index (χ3n) is 3.73. The Labute approximate surface area is 130 Å². The third-order valence-corrected chi connectivity index (χ3v) is 4.40. The molecule has 0 spiro atoms. The molecule has 1 N–H and O–H groups in total. The van der Waals surface area contributed by atoms with Gasteiger partial charge in [-0.2, -0.15) is 0 Å². The van der Waals surface area contributed by atoms with Gasteiger partial charge >= 0.3 is 0 Å². The number of piperazine rings is 1. The van der Waals surface area contributed by atoms with Crippen molar-refractivity contribution in [3.8, 4) is 0 Å². The third kappa shape index (κ3) is 4.14. The highest BCUT2D eigenvalue weighted by Gasteiger charge is 2.23. The molecule has 0 unspecified atom stereocenters. The second-order valence-corrected chi connectivity index (χ2v) is 7.20. The number of hydrogen-bond acceptors (Lipinski definition) is 6. The van der Waals surface area contributed by atoms with Crippen LogP contribution >= 0.6 is 0 Å². The Balaban J connectivity index is 1.93. The Morgan fingerprint density at radius 2 is 1.86 bits per heavy atom. The Kier molecular flexibility index (Phi) is 4.97. The zero-order chi connectivity index (χ0) is 16.3. The van der Waals surface area contributed by atoms with Crippen molar-refractivity contribution in [2.45, 2.75) is 13.8 Å². The van der Waals surface area contributed by atoms with Crippen LogP contribution in [-0.4, -0.2) is 68.2 Å². The SMILES string of the molecule is Cc1ncnc(N2CCN(C(=O)CNS(C)(=O)=O)CC2)c1C. The molecule has 1 aliphatic heterocycles. The number of anilines is 1. The van der Waals surface area contributed by atoms with E-state index >= 15 is 0 Å². The lowest BCUT2D eigenvalue weighted by Gasteiger charge is -2.36. The molecule has 1 amide bonds. The van der Waals surface area contributed by atoms with Crippen molar-refractivity contribution in [2.24, 2.45) is 0 Å². The number of nitrogens with one attached hydrogen (secondary N) is 1. The fourth-order valence-electron chi connectivity index (χ4n) is 2.32. The number of sulfonamides is 1. The number of carbonyl (C=O) groups is 1. The standard InChI is InChI=1S/C13H21N5O3S/c1-10-11(2)14-9-15-13(10)18-6-4-17(5-7-18)12(19)8-16-22(3,20)21/h9,16H,4-8H2,1-3H3. The molecule has 0 aliphatic carbocycles. The van der Waals surface area contributed by atoms with Crippen LogP contribution in [0.25, 0.3) is 0 Å².